The van der Waals surface area contributed by atoms with Crippen LogP contribution in [0.5, 0.6) is 0 Å². The maximum Gasteiger partial charge on any atom is 0.191 e. The number of benzene rings is 1. The summed E-state index contributed by atoms with van der Waals surface area (Å²) in [7, 11) is 1.81. The molecule has 2 N–H and O–H groups in total. The largest absolute Gasteiger partial charge is 0.356 e. The van der Waals surface area contributed by atoms with Crippen molar-refractivity contribution < 1.29 is 0 Å². The number of likely N-dealkylation sites (tertiary alicyclic amines) is 1. The Morgan fingerprint density at radius 1 is 1.07 bits per heavy atom. The minimum Gasteiger partial charge on any atom is -0.356 e. The highest BCUT2D eigenvalue weighted by molar-refractivity contribution is 7.11. The molecule has 3 rings (SSSR count). The highest BCUT2D eigenvalue weighted by atomic mass is 32.1. The molecule has 1 aliphatic heterocycles. The molecule has 0 bridgehead atoms. The summed E-state index contributed by atoms with van der Waals surface area (Å²) in [5.74, 6) is 0.835. The third kappa shape index (κ3) is 6.91. The summed E-state index contributed by atoms with van der Waals surface area (Å²) in [6.07, 6.45) is 8.32. The van der Waals surface area contributed by atoms with Crippen LogP contribution in [0.25, 0.3) is 0 Å². The number of guanidine groups is 1. The van der Waals surface area contributed by atoms with E-state index in [-0.39, 0.29) is 0 Å². The number of nitrogens with one attached hydrogen (secondary N) is 2. The van der Waals surface area contributed by atoms with E-state index < -0.39 is 0 Å². The lowest BCUT2D eigenvalue weighted by Gasteiger charge is -2.20. The first kappa shape index (κ1) is 20.8. The molecular weight excluding hydrogens is 366 g/mol. The smallest absolute Gasteiger partial charge is 0.191 e. The molecular formula is C22H33N5S. The van der Waals surface area contributed by atoms with E-state index in [9.17, 15) is 0 Å². The number of aryl methyl sites for hydroxylation is 1. The standard InChI is InChI=1S/C22H33N5S/c1-18-15-25-21(28-18)11-12-24-22(23-2)26-16-19-7-9-20(10-8-19)17-27-13-5-3-4-6-14-27/h7-10,15H,3-6,11-14,16-17H2,1-2H3,(H2,23,24,26). The van der Waals surface area contributed by atoms with Crippen LogP contribution in [0.15, 0.2) is 35.5 Å². The van der Waals surface area contributed by atoms with Crippen LogP contribution in [-0.4, -0.2) is 42.5 Å². The van der Waals surface area contributed by atoms with Crippen LogP contribution in [-0.2, 0) is 19.5 Å². The van der Waals surface area contributed by atoms with Gasteiger partial charge in [0.1, 0.15) is 0 Å². The number of aliphatic imine (C=N–C) groups is 1. The quantitative estimate of drug-likeness (QED) is 0.550. The Morgan fingerprint density at radius 3 is 2.43 bits per heavy atom. The zero-order valence-electron chi connectivity index (χ0n) is 17.2. The van der Waals surface area contributed by atoms with Gasteiger partial charge in [0.25, 0.3) is 0 Å². The second-order valence-electron chi connectivity index (χ2n) is 7.47. The van der Waals surface area contributed by atoms with E-state index in [2.05, 4.69) is 56.7 Å². The molecule has 152 valence electrons. The molecule has 1 aromatic carbocycles. The lowest BCUT2D eigenvalue weighted by atomic mass is 10.1. The Hall–Kier alpha value is -1.92. The van der Waals surface area contributed by atoms with Gasteiger partial charge in [-0.1, -0.05) is 37.1 Å². The minimum absolute atomic E-state index is 0.778. The van der Waals surface area contributed by atoms with Crippen LogP contribution in [0.1, 0.15) is 46.7 Å². The van der Waals surface area contributed by atoms with Gasteiger partial charge in [0, 0.05) is 44.2 Å². The molecule has 0 saturated carbocycles. The van der Waals surface area contributed by atoms with E-state index in [0.29, 0.717) is 0 Å². The molecule has 0 amide bonds. The number of hydrogen-bond donors (Lipinski definition) is 2. The molecule has 0 radical (unpaired) electrons. The van der Waals surface area contributed by atoms with Crippen LogP contribution >= 0.6 is 11.3 Å². The summed E-state index contributed by atoms with van der Waals surface area (Å²) in [5, 5.41) is 7.93. The van der Waals surface area contributed by atoms with E-state index in [1.165, 1.54) is 59.8 Å². The first-order chi connectivity index (χ1) is 13.7. The van der Waals surface area contributed by atoms with Crippen LogP contribution in [0.3, 0.4) is 0 Å². The van der Waals surface area contributed by atoms with E-state index in [1.807, 2.05) is 13.2 Å². The summed E-state index contributed by atoms with van der Waals surface area (Å²) in [6.45, 7) is 7.26. The Labute approximate surface area is 173 Å². The van der Waals surface area contributed by atoms with Crippen LogP contribution < -0.4 is 10.6 Å². The molecule has 1 aliphatic rings. The number of thiazole rings is 1. The van der Waals surface area contributed by atoms with Gasteiger partial charge in [0.05, 0.1) is 5.01 Å². The zero-order valence-corrected chi connectivity index (χ0v) is 18.0. The molecule has 6 heteroatoms. The fourth-order valence-electron chi connectivity index (χ4n) is 3.53. The van der Waals surface area contributed by atoms with Crippen molar-refractivity contribution in [1.82, 2.24) is 20.5 Å². The Balaban J connectivity index is 1.40. The van der Waals surface area contributed by atoms with Crippen molar-refractivity contribution in [2.24, 2.45) is 4.99 Å². The van der Waals surface area contributed by atoms with Gasteiger partial charge < -0.3 is 10.6 Å². The van der Waals surface area contributed by atoms with E-state index >= 15 is 0 Å². The summed E-state index contributed by atoms with van der Waals surface area (Å²) < 4.78 is 0. The van der Waals surface area contributed by atoms with Crippen molar-refractivity contribution in [2.45, 2.75) is 52.1 Å². The van der Waals surface area contributed by atoms with Crippen molar-refractivity contribution in [3.63, 3.8) is 0 Å². The molecule has 0 unspecified atom stereocenters. The molecule has 5 nitrogen and oxygen atoms in total. The fraction of sp³-hybridized carbons (Fsp3) is 0.545. The summed E-state index contributed by atoms with van der Waals surface area (Å²) in [6, 6.07) is 8.99. The number of nitrogens with zero attached hydrogens (tertiary/aromatic N) is 3. The third-order valence-corrected chi connectivity index (χ3v) is 6.08. The van der Waals surface area contributed by atoms with Gasteiger partial charge in [-0.15, -0.1) is 11.3 Å². The average Bonchev–Trinajstić information content (AvgIpc) is 2.96. The molecule has 1 saturated heterocycles. The van der Waals surface area contributed by atoms with Gasteiger partial charge in [0.15, 0.2) is 5.96 Å². The summed E-state index contributed by atoms with van der Waals surface area (Å²) in [5.41, 5.74) is 2.69. The van der Waals surface area contributed by atoms with E-state index in [0.717, 1.165) is 32.0 Å². The Bertz CT molecular complexity index is 730. The minimum atomic E-state index is 0.778. The van der Waals surface area contributed by atoms with Gasteiger partial charge in [0.2, 0.25) is 0 Å². The molecule has 0 aliphatic carbocycles. The van der Waals surface area contributed by atoms with E-state index in [1.54, 1.807) is 11.3 Å². The van der Waals surface area contributed by atoms with Crippen molar-refractivity contribution >= 4 is 17.3 Å². The molecule has 0 spiro atoms. The highest BCUT2D eigenvalue weighted by Gasteiger charge is 2.09. The van der Waals surface area contributed by atoms with Gasteiger partial charge in [-0.3, -0.25) is 9.89 Å². The fourth-order valence-corrected chi connectivity index (χ4v) is 4.31. The maximum absolute atomic E-state index is 4.40. The maximum atomic E-state index is 4.40. The van der Waals surface area contributed by atoms with Crippen LogP contribution in [0, 0.1) is 6.92 Å². The molecule has 1 aromatic heterocycles. The molecule has 2 aromatic rings. The SMILES string of the molecule is CN=C(NCCc1ncc(C)s1)NCc1ccc(CN2CCCCCC2)cc1. The van der Waals surface area contributed by atoms with Gasteiger partial charge in [-0.25, -0.2) is 4.98 Å². The number of rotatable bonds is 7. The van der Waals surface area contributed by atoms with Crippen molar-refractivity contribution in [3.05, 3.63) is 51.5 Å². The zero-order chi connectivity index (χ0) is 19.6. The summed E-state index contributed by atoms with van der Waals surface area (Å²) >= 11 is 1.76. The van der Waals surface area contributed by atoms with E-state index in [4.69, 9.17) is 0 Å². The van der Waals surface area contributed by atoms with Crippen LogP contribution in [0.4, 0.5) is 0 Å². The second kappa shape index (κ2) is 11.2. The lowest BCUT2D eigenvalue weighted by Crippen LogP contribution is -2.37. The lowest BCUT2D eigenvalue weighted by molar-refractivity contribution is 0.277. The molecule has 2 heterocycles. The van der Waals surface area contributed by atoms with Gasteiger partial charge >= 0.3 is 0 Å². The highest BCUT2D eigenvalue weighted by Crippen LogP contribution is 2.14. The predicted molar refractivity (Wildman–Crippen MR) is 119 cm³/mol. The van der Waals surface area contributed by atoms with Crippen LogP contribution in [0.2, 0.25) is 0 Å². The predicted octanol–water partition coefficient (Wildman–Crippen LogP) is 3.74. The normalized spacial score (nSPS) is 16.0. The van der Waals surface area contributed by atoms with Gasteiger partial charge in [-0.2, -0.15) is 0 Å². The summed E-state index contributed by atoms with van der Waals surface area (Å²) in [4.78, 5) is 12.6. The molecule has 1 fully saturated rings. The first-order valence-electron chi connectivity index (χ1n) is 10.4. The Kier molecular flexibility index (Phi) is 8.30. The first-order valence-corrected chi connectivity index (χ1v) is 11.2. The second-order valence-corrected chi connectivity index (χ2v) is 8.79. The average molecular weight is 400 g/mol. The topological polar surface area (TPSA) is 52.6 Å². The number of hydrogen-bond acceptors (Lipinski definition) is 4. The Morgan fingerprint density at radius 2 is 1.79 bits per heavy atom. The van der Waals surface area contributed by atoms with Gasteiger partial charge in [-0.05, 0) is 44.0 Å². The van der Waals surface area contributed by atoms with Crippen molar-refractivity contribution in [1.29, 1.82) is 0 Å². The monoisotopic (exact) mass is 399 g/mol. The number of aromatic nitrogens is 1. The van der Waals surface area contributed by atoms with Crippen molar-refractivity contribution in [3.8, 4) is 0 Å². The van der Waals surface area contributed by atoms with Crippen molar-refractivity contribution in [2.75, 3.05) is 26.7 Å². The third-order valence-electron chi connectivity index (χ3n) is 5.11. The molecule has 28 heavy (non-hydrogen) atoms. The molecule has 0 atom stereocenters.